The quantitative estimate of drug-likeness (QED) is 0.750. The average Bonchev–Trinajstić information content (AvgIpc) is 2.42. The number of carbonyl (C=O) groups excluding carboxylic acids is 1. The highest BCUT2D eigenvalue weighted by molar-refractivity contribution is 5.65. The molecule has 0 bridgehead atoms. The Labute approximate surface area is 124 Å². The molecule has 0 radical (unpaired) electrons. The van der Waals surface area contributed by atoms with E-state index in [0.29, 0.717) is 0 Å². The minimum Gasteiger partial charge on any atom is -0.469 e. The van der Waals surface area contributed by atoms with E-state index in [4.69, 9.17) is 19.7 Å². The summed E-state index contributed by atoms with van der Waals surface area (Å²) < 4.78 is 13.8. The number of carbonyl (C=O) groups is 1. The summed E-state index contributed by atoms with van der Waals surface area (Å²) in [5.74, 6) is -0.245. The highest BCUT2D eigenvalue weighted by atomic mass is 16.5. The summed E-state index contributed by atoms with van der Waals surface area (Å²) in [7, 11) is 1.35. The Balaban J connectivity index is -0.0000000853. The maximum absolute atomic E-state index is 9.59. The highest BCUT2D eigenvalue weighted by Crippen LogP contribution is 1.68. The molecule has 6 heteroatoms. The second kappa shape index (κ2) is 31.0. The van der Waals surface area contributed by atoms with Crippen molar-refractivity contribution in [2.45, 2.75) is 47.6 Å². The van der Waals surface area contributed by atoms with Gasteiger partial charge in [-0.1, -0.05) is 0 Å². The van der Waals surface area contributed by atoms with Gasteiger partial charge in [0.25, 0.3) is 0 Å². The maximum Gasteiger partial charge on any atom is 0.302 e. The highest BCUT2D eigenvalue weighted by Gasteiger charge is 1.83. The fourth-order valence-corrected chi connectivity index (χ4v) is 0.408. The van der Waals surface area contributed by atoms with Gasteiger partial charge in [-0.25, -0.2) is 0 Å². The Morgan fingerprint density at radius 2 is 1.20 bits per heavy atom. The van der Waals surface area contributed by atoms with Gasteiger partial charge in [0, 0.05) is 33.4 Å². The molecule has 6 nitrogen and oxygen atoms in total. The summed E-state index contributed by atoms with van der Waals surface area (Å²) in [5, 5.41) is 16.0. The van der Waals surface area contributed by atoms with E-state index < -0.39 is 6.10 Å². The summed E-state index contributed by atoms with van der Waals surface area (Å²) in [4.78, 5) is 9.59. The van der Waals surface area contributed by atoms with Crippen molar-refractivity contribution in [3.05, 3.63) is 0 Å². The van der Waals surface area contributed by atoms with Crippen LogP contribution in [0.2, 0.25) is 0 Å². The maximum atomic E-state index is 9.59. The van der Waals surface area contributed by atoms with Crippen molar-refractivity contribution < 1.29 is 29.2 Å². The van der Waals surface area contributed by atoms with Gasteiger partial charge in [-0.2, -0.15) is 0 Å². The first-order valence-corrected chi connectivity index (χ1v) is 6.86. The Kier molecular flexibility index (Phi) is 42.8. The zero-order valence-electron chi connectivity index (χ0n) is 14.1. The minimum atomic E-state index is -0.560. The summed E-state index contributed by atoms with van der Waals surface area (Å²) in [6.45, 7) is 14.1. The van der Waals surface area contributed by atoms with Gasteiger partial charge in [-0.15, -0.1) is 0 Å². The Hall–Kier alpha value is -0.690. The van der Waals surface area contributed by atoms with Gasteiger partial charge >= 0.3 is 5.97 Å². The lowest BCUT2D eigenvalue weighted by Gasteiger charge is -1.90. The number of hydrogen-bond acceptors (Lipinski definition) is 6. The third-order valence-corrected chi connectivity index (χ3v) is 1.37. The molecule has 0 aromatic rings. The normalized spacial score (nSPS) is 9.65. The fraction of sp³-hybridized carbons (Fsp3) is 0.929. The van der Waals surface area contributed by atoms with Crippen LogP contribution in [0.3, 0.4) is 0 Å². The summed E-state index contributed by atoms with van der Waals surface area (Å²) in [5.41, 5.74) is 0. The summed E-state index contributed by atoms with van der Waals surface area (Å²) in [6.07, 6.45) is -0.560. The second-order valence-corrected chi connectivity index (χ2v) is 3.29. The molecule has 0 aromatic heterocycles. The van der Waals surface area contributed by atoms with Crippen LogP contribution < -0.4 is 0 Å². The largest absolute Gasteiger partial charge is 0.469 e. The van der Waals surface area contributed by atoms with Crippen molar-refractivity contribution >= 4 is 5.97 Å². The van der Waals surface area contributed by atoms with E-state index in [-0.39, 0.29) is 12.6 Å². The molecule has 1 unspecified atom stereocenters. The standard InChI is InChI=1S/2C4H10O.C3H6O2.C3H8O2/c2*1-3-5-4-2;1-3(4)5-2;1-3(5)2-4/h2*3-4H2,1-2H3;1-2H3;3-5H,2H2,1H3. The van der Waals surface area contributed by atoms with Crippen LogP contribution in [0.25, 0.3) is 0 Å². The number of rotatable bonds is 5. The molecule has 0 amide bonds. The lowest BCUT2D eigenvalue weighted by Crippen LogP contribution is -2.03. The lowest BCUT2D eigenvalue weighted by molar-refractivity contribution is -0.137. The molecule has 1 atom stereocenters. The van der Waals surface area contributed by atoms with E-state index in [0.717, 1.165) is 26.4 Å². The molecule has 0 saturated heterocycles. The van der Waals surface area contributed by atoms with E-state index in [1.807, 2.05) is 27.7 Å². The van der Waals surface area contributed by atoms with Crippen LogP contribution in [0.5, 0.6) is 0 Å². The van der Waals surface area contributed by atoms with Crippen molar-refractivity contribution in [3.8, 4) is 0 Å². The molecule has 0 fully saturated rings. The predicted octanol–water partition coefficient (Wildman–Crippen LogP) is 1.62. The van der Waals surface area contributed by atoms with Crippen LogP contribution in [-0.2, 0) is 19.0 Å². The van der Waals surface area contributed by atoms with Crippen molar-refractivity contribution in [1.29, 1.82) is 0 Å². The monoisotopic (exact) mass is 298 g/mol. The van der Waals surface area contributed by atoms with Gasteiger partial charge in [-0.3, -0.25) is 4.79 Å². The first-order valence-electron chi connectivity index (χ1n) is 6.86. The smallest absolute Gasteiger partial charge is 0.302 e. The van der Waals surface area contributed by atoms with E-state index in [9.17, 15) is 4.79 Å². The molecule has 0 rings (SSSR count). The third-order valence-electron chi connectivity index (χ3n) is 1.37. The van der Waals surface area contributed by atoms with Crippen molar-refractivity contribution in [1.82, 2.24) is 0 Å². The molecular weight excluding hydrogens is 264 g/mol. The first-order chi connectivity index (χ1) is 9.37. The van der Waals surface area contributed by atoms with Crippen LogP contribution in [0.1, 0.15) is 41.5 Å². The van der Waals surface area contributed by atoms with Crippen LogP contribution in [0, 0.1) is 0 Å². The molecular formula is C14H34O6. The van der Waals surface area contributed by atoms with E-state index >= 15 is 0 Å². The molecule has 0 heterocycles. The van der Waals surface area contributed by atoms with Crippen molar-refractivity contribution in [3.63, 3.8) is 0 Å². The van der Waals surface area contributed by atoms with Crippen molar-refractivity contribution in [2.24, 2.45) is 0 Å². The van der Waals surface area contributed by atoms with Gasteiger partial charge in [0.05, 0.1) is 19.8 Å². The van der Waals surface area contributed by atoms with Gasteiger partial charge in [-0.05, 0) is 34.6 Å². The zero-order chi connectivity index (χ0) is 16.8. The second-order valence-electron chi connectivity index (χ2n) is 3.29. The van der Waals surface area contributed by atoms with Crippen LogP contribution in [0.15, 0.2) is 0 Å². The lowest BCUT2D eigenvalue weighted by atomic mass is 10.5. The molecule has 0 saturated carbocycles. The van der Waals surface area contributed by atoms with Crippen LogP contribution in [0.4, 0.5) is 0 Å². The number of ether oxygens (including phenoxy) is 3. The van der Waals surface area contributed by atoms with E-state index in [1.54, 1.807) is 0 Å². The SMILES string of the molecule is CC(O)CO.CCOCC.CCOCC.COC(C)=O. The number of esters is 1. The van der Waals surface area contributed by atoms with Gasteiger partial charge in [0.2, 0.25) is 0 Å². The third kappa shape index (κ3) is 86.2. The van der Waals surface area contributed by atoms with Crippen LogP contribution >= 0.6 is 0 Å². The molecule has 0 spiro atoms. The van der Waals surface area contributed by atoms with E-state index in [2.05, 4.69) is 4.74 Å². The van der Waals surface area contributed by atoms with Crippen LogP contribution in [-0.4, -0.2) is 62.4 Å². The van der Waals surface area contributed by atoms with Gasteiger partial charge in [0.15, 0.2) is 0 Å². The molecule has 0 aliphatic carbocycles. The molecule has 2 N–H and O–H groups in total. The predicted molar refractivity (Wildman–Crippen MR) is 80.8 cm³/mol. The van der Waals surface area contributed by atoms with E-state index in [1.165, 1.54) is 21.0 Å². The van der Waals surface area contributed by atoms with Gasteiger partial charge in [0.1, 0.15) is 0 Å². The molecule has 0 aliphatic rings. The molecule has 0 aliphatic heterocycles. The topological polar surface area (TPSA) is 85.2 Å². The number of methoxy groups -OCH3 is 1. The Morgan fingerprint density at radius 3 is 1.20 bits per heavy atom. The average molecular weight is 298 g/mol. The Bertz CT molecular complexity index is 141. The fourth-order valence-electron chi connectivity index (χ4n) is 0.408. The summed E-state index contributed by atoms with van der Waals surface area (Å²) in [6, 6.07) is 0. The summed E-state index contributed by atoms with van der Waals surface area (Å²) >= 11 is 0. The molecule has 20 heavy (non-hydrogen) atoms. The Morgan fingerprint density at radius 1 is 1.00 bits per heavy atom. The zero-order valence-corrected chi connectivity index (χ0v) is 14.1. The number of hydrogen-bond donors (Lipinski definition) is 2. The van der Waals surface area contributed by atoms with Gasteiger partial charge < -0.3 is 24.4 Å². The number of aliphatic hydroxyl groups is 2. The number of aliphatic hydroxyl groups excluding tert-OH is 2. The van der Waals surface area contributed by atoms with Crippen molar-refractivity contribution in [2.75, 3.05) is 40.1 Å². The first kappa shape index (κ1) is 27.6. The molecule has 0 aromatic carbocycles. The minimum absolute atomic E-state index is 0.139. The molecule has 126 valence electrons.